The number of methoxy groups -OCH3 is 1. The molecule has 0 bridgehead atoms. The third kappa shape index (κ3) is 5.64. The van der Waals surface area contributed by atoms with Crippen molar-refractivity contribution in [3.8, 4) is 5.75 Å². The minimum Gasteiger partial charge on any atom is -0.497 e. The van der Waals surface area contributed by atoms with Gasteiger partial charge in [0.25, 0.3) is 0 Å². The highest BCUT2D eigenvalue weighted by Gasteiger charge is 2.13. The molecule has 0 radical (unpaired) electrons. The molecule has 0 aliphatic rings. The molecule has 0 saturated heterocycles. The van der Waals surface area contributed by atoms with Crippen molar-refractivity contribution in [2.24, 2.45) is 0 Å². The molecule has 0 heterocycles. The van der Waals surface area contributed by atoms with Crippen molar-refractivity contribution in [3.05, 3.63) is 59.7 Å². The van der Waals surface area contributed by atoms with Crippen molar-refractivity contribution in [1.29, 1.82) is 0 Å². The van der Waals surface area contributed by atoms with Gasteiger partial charge in [-0.25, -0.2) is 0 Å². The van der Waals surface area contributed by atoms with Gasteiger partial charge in [-0.15, -0.1) is 0 Å². The molecular formula is C20H23NO4. The molecule has 2 aromatic carbocycles. The second-order valence-corrected chi connectivity index (χ2v) is 5.93. The SMILES string of the molecule is COc1ccc(CCCC(=O)Nc2ccc(C(C)C(=O)O)cc2)cc1. The minimum atomic E-state index is -0.865. The Morgan fingerprint density at radius 2 is 1.72 bits per heavy atom. The number of aliphatic carboxylic acids is 1. The average molecular weight is 341 g/mol. The zero-order valence-electron chi connectivity index (χ0n) is 14.5. The number of nitrogens with one attached hydrogen (secondary N) is 1. The molecule has 0 aliphatic carbocycles. The fraction of sp³-hybridized carbons (Fsp3) is 0.300. The smallest absolute Gasteiger partial charge is 0.310 e. The number of benzene rings is 2. The molecule has 2 N–H and O–H groups in total. The van der Waals surface area contributed by atoms with E-state index in [1.54, 1.807) is 38.3 Å². The molecule has 0 aliphatic heterocycles. The predicted octanol–water partition coefficient (Wildman–Crippen LogP) is 3.84. The average Bonchev–Trinajstić information content (AvgIpc) is 2.62. The number of ether oxygens (including phenoxy) is 1. The van der Waals surface area contributed by atoms with E-state index in [4.69, 9.17) is 9.84 Å². The van der Waals surface area contributed by atoms with E-state index in [1.165, 1.54) is 5.56 Å². The molecule has 1 unspecified atom stereocenters. The summed E-state index contributed by atoms with van der Waals surface area (Å²) >= 11 is 0. The third-order valence-electron chi connectivity index (χ3n) is 4.09. The lowest BCUT2D eigenvalue weighted by Gasteiger charge is -2.09. The van der Waals surface area contributed by atoms with Gasteiger partial charge in [-0.3, -0.25) is 9.59 Å². The summed E-state index contributed by atoms with van der Waals surface area (Å²) in [7, 11) is 1.63. The summed E-state index contributed by atoms with van der Waals surface area (Å²) in [6.45, 7) is 1.63. The summed E-state index contributed by atoms with van der Waals surface area (Å²) < 4.78 is 5.12. The van der Waals surface area contributed by atoms with Gasteiger partial charge in [0, 0.05) is 12.1 Å². The first-order valence-corrected chi connectivity index (χ1v) is 8.25. The van der Waals surface area contributed by atoms with Gasteiger partial charge in [0.15, 0.2) is 0 Å². The number of hydrogen-bond acceptors (Lipinski definition) is 3. The summed E-state index contributed by atoms with van der Waals surface area (Å²) in [5.74, 6) is -0.653. The van der Waals surface area contributed by atoms with Crippen LogP contribution in [0.4, 0.5) is 5.69 Å². The molecule has 2 aromatic rings. The summed E-state index contributed by atoms with van der Waals surface area (Å²) in [6, 6.07) is 14.7. The highest BCUT2D eigenvalue weighted by molar-refractivity contribution is 5.90. The molecular weight excluding hydrogens is 318 g/mol. The molecule has 2 rings (SSSR count). The van der Waals surface area contributed by atoms with Crippen LogP contribution in [-0.4, -0.2) is 24.1 Å². The van der Waals surface area contributed by atoms with E-state index >= 15 is 0 Å². The third-order valence-corrected chi connectivity index (χ3v) is 4.09. The first-order chi connectivity index (χ1) is 12.0. The fourth-order valence-corrected chi connectivity index (χ4v) is 2.47. The van der Waals surface area contributed by atoms with Crippen LogP contribution in [0.2, 0.25) is 0 Å². The van der Waals surface area contributed by atoms with E-state index < -0.39 is 11.9 Å². The van der Waals surface area contributed by atoms with Crippen LogP contribution in [0.1, 0.15) is 36.8 Å². The lowest BCUT2D eigenvalue weighted by atomic mass is 10.0. The molecule has 25 heavy (non-hydrogen) atoms. The Morgan fingerprint density at radius 1 is 1.08 bits per heavy atom. The minimum absolute atomic E-state index is 0.0486. The number of rotatable bonds is 8. The Hall–Kier alpha value is -2.82. The number of aryl methyl sites for hydroxylation is 1. The van der Waals surface area contributed by atoms with Crippen molar-refractivity contribution in [3.63, 3.8) is 0 Å². The van der Waals surface area contributed by atoms with Crippen LogP contribution < -0.4 is 10.1 Å². The van der Waals surface area contributed by atoms with Gasteiger partial charge < -0.3 is 15.2 Å². The molecule has 1 amide bonds. The number of carboxylic acids is 1. The molecule has 0 spiro atoms. The van der Waals surface area contributed by atoms with Crippen LogP contribution >= 0.6 is 0 Å². The van der Waals surface area contributed by atoms with Gasteiger partial charge in [0.1, 0.15) is 5.75 Å². The number of hydrogen-bond donors (Lipinski definition) is 2. The maximum Gasteiger partial charge on any atom is 0.310 e. The Labute approximate surface area is 147 Å². The van der Waals surface area contributed by atoms with Crippen molar-refractivity contribution >= 4 is 17.6 Å². The summed E-state index contributed by atoms with van der Waals surface area (Å²) in [5, 5.41) is 11.8. The Balaban J connectivity index is 1.78. The molecule has 0 saturated carbocycles. The summed E-state index contributed by atoms with van der Waals surface area (Å²) in [4.78, 5) is 23.0. The lowest BCUT2D eigenvalue weighted by molar-refractivity contribution is -0.138. The van der Waals surface area contributed by atoms with E-state index in [-0.39, 0.29) is 5.91 Å². The Kier molecular flexibility index (Phi) is 6.57. The van der Waals surface area contributed by atoms with Gasteiger partial charge in [-0.1, -0.05) is 24.3 Å². The monoisotopic (exact) mass is 341 g/mol. The van der Waals surface area contributed by atoms with E-state index in [0.29, 0.717) is 17.7 Å². The number of carboxylic acid groups (broad SMARTS) is 1. The van der Waals surface area contributed by atoms with Crippen molar-refractivity contribution in [1.82, 2.24) is 0 Å². The van der Waals surface area contributed by atoms with Crippen LogP contribution in [0, 0.1) is 0 Å². The molecule has 5 heteroatoms. The second-order valence-electron chi connectivity index (χ2n) is 5.93. The number of anilines is 1. The second kappa shape index (κ2) is 8.87. The van der Waals surface area contributed by atoms with E-state index in [1.807, 2.05) is 24.3 Å². The van der Waals surface area contributed by atoms with Gasteiger partial charge >= 0.3 is 5.97 Å². The number of carbonyl (C=O) groups is 2. The maximum atomic E-state index is 12.0. The van der Waals surface area contributed by atoms with Crippen LogP contribution in [0.25, 0.3) is 0 Å². The summed E-state index contributed by atoms with van der Waals surface area (Å²) in [5.41, 5.74) is 2.56. The zero-order valence-corrected chi connectivity index (χ0v) is 14.5. The number of carbonyl (C=O) groups excluding carboxylic acids is 1. The largest absolute Gasteiger partial charge is 0.497 e. The first-order valence-electron chi connectivity index (χ1n) is 8.25. The number of amides is 1. The molecule has 132 valence electrons. The molecule has 0 aromatic heterocycles. The highest BCUT2D eigenvalue weighted by atomic mass is 16.5. The normalized spacial score (nSPS) is 11.6. The predicted molar refractivity (Wildman–Crippen MR) is 97.1 cm³/mol. The fourth-order valence-electron chi connectivity index (χ4n) is 2.47. The lowest BCUT2D eigenvalue weighted by Crippen LogP contribution is -2.12. The van der Waals surface area contributed by atoms with Crippen LogP contribution in [0.15, 0.2) is 48.5 Å². The molecule has 0 fully saturated rings. The van der Waals surface area contributed by atoms with E-state index in [0.717, 1.165) is 18.6 Å². The van der Waals surface area contributed by atoms with Crippen molar-refractivity contribution < 1.29 is 19.4 Å². The van der Waals surface area contributed by atoms with E-state index in [2.05, 4.69) is 5.32 Å². The molecule has 1 atom stereocenters. The topological polar surface area (TPSA) is 75.6 Å². The maximum absolute atomic E-state index is 12.0. The first kappa shape index (κ1) is 18.5. The highest BCUT2D eigenvalue weighted by Crippen LogP contribution is 2.18. The van der Waals surface area contributed by atoms with Gasteiger partial charge in [-0.05, 0) is 55.2 Å². The van der Waals surface area contributed by atoms with Gasteiger partial charge in [0.2, 0.25) is 5.91 Å². The van der Waals surface area contributed by atoms with Crippen LogP contribution in [-0.2, 0) is 16.0 Å². The Bertz CT molecular complexity index is 707. The van der Waals surface area contributed by atoms with Crippen molar-refractivity contribution in [2.45, 2.75) is 32.1 Å². The van der Waals surface area contributed by atoms with Crippen molar-refractivity contribution in [2.75, 3.05) is 12.4 Å². The van der Waals surface area contributed by atoms with Gasteiger partial charge in [0.05, 0.1) is 13.0 Å². The van der Waals surface area contributed by atoms with Crippen LogP contribution in [0.5, 0.6) is 5.75 Å². The molecule has 5 nitrogen and oxygen atoms in total. The quantitative estimate of drug-likeness (QED) is 0.765. The zero-order chi connectivity index (χ0) is 18.2. The Morgan fingerprint density at radius 3 is 2.28 bits per heavy atom. The van der Waals surface area contributed by atoms with Gasteiger partial charge in [-0.2, -0.15) is 0 Å². The van der Waals surface area contributed by atoms with E-state index in [9.17, 15) is 9.59 Å². The summed E-state index contributed by atoms with van der Waals surface area (Å²) in [6.07, 6.45) is 2.01. The van der Waals surface area contributed by atoms with Crippen LogP contribution in [0.3, 0.4) is 0 Å². The standard InChI is InChI=1S/C20H23NO4/c1-14(20(23)24)16-8-10-17(11-9-16)21-19(22)5-3-4-15-6-12-18(25-2)13-7-15/h6-14H,3-5H2,1-2H3,(H,21,22)(H,23,24).